The summed E-state index contributed by atoms with van der Waals surface area (Å²) in [5, 5.41) is 9.34. The van der Waals surface area contributed by atoms with Crippen LogP contribution in [-0.4, -0.2) is 36.4 Å². The van der Waals surface area contributed by atoms with Gasteiger partial charge in [-0.05, 0) is 26.3 Å². The fraction of sp³-hybridized carbons (Fsp3) is 0.611. The number of ether oxygens (including phenoxy) is 1. The summed E-state index contributed by atoms with van der Waals surface area (Å²) in [7, 11) is 1.72. The SMILES string of the molecule is C[C@@H]1[C@@H](C(C)(C)F)[C@H](CCO)O[C@@]12C(=O)N(C)c1ccccc12. The van der Waals surface area contributed by atoms with Gasteiger partial charge in [-0.2, -0.15) is 0 Å². The van der Waals surface area contributed by atoms with E-state index >= 15 is 0 Å². The van der Waals surface area contributed by atoms with Crippen molar-refractivity contribution in [3.05, 3.63) is 29.8 Å². The summed E-state index contributed by atoms with van der Waals surface area (Å²) < 4.78 is 21.1. The van der Waals surface area contributed by atoms with Crippen molar-refractivity contribution in [1.29, 1.82) is 0 Å². The van der Waals surface area contributed by atoms with Crippen LogP contribution in [0.25, 0.3) is 0 Å². The molecular weight excluding hydrogens is 297 g/mol. The number of carbonyl (C=O) groups excluding carboxylic acids is 1. The minimum Gasteiger partial charge on any atom is -0.396 e. The molecule has 3 rings (SSSR count). The highest BCUT2D eigenvalue weighted by atomic mass is 19.1. The zero-order valence-corrected chi connectivity index (χ0v) is 14.0. The lowest BCUT2D eigenvalue weighted by atomic mass is 9.71. The molecule has 1 amide bonds. The number of para-hydroxylation sites is 1. The predicted octanol–water partition coefficient (Wildman–Crippen LogP) is 2.64. The molecule has 0 radical (unpaired) electrons. The number of hydrogen-bond donors (Lipinski definition) is 1. The summed E-state index contributed by atoms with van der Waals surface area (Å²) in [5.74, 6) is -0.934. The van der Waals surface area contributed by atoms with Crippen LogP contribution in [-0.2, 0) is 15.1 Å². The second kappa shape index (κ2) is 5.28. The van der Waals surface area contributed by atoms with E-state index in [4.69, 9.17) is 4.74 Å². The minimum atomic E-state index is -1.50. The van der Waals surface area contributed by atoms with Crippen molar-refractivity contribution in [2.75, 3.05) is 18.6 Å². The van der Waals surface area contributed by atoms with Crippen LogP contribution in [0.3, 0.4) is 0 Å². The molecule has 0 unspecified atom stereocenters. The third-order valence-corrected chi connectivity index (χ3v) is 5.41. The molecule has 0 aromatic heterocycles. The van der Waals surface area contributed by atoms with Crippen LogP contribution >= 0.6 is 0 Å². The Morgan fingerprint density at radius 2 is 2.04 bits per heavy atom. The van der Waals surface area contributed by atoms with Crippen LogP contribution in [0.4, 0.5) is 10.1 Å². The maximum Gasteiger partial charge on any atom is 0.264 e. The number of fused-ring (bicyclic) bond motifs is 2. The Morgan fingerprint density at radius 3 is 2.65 bits per heavy atom. The van der Waals surface area contributed by atoms with E-state index in [1.807, 2.05) is 31.2 Å². The highest BCUT2D eigenvalue weighted by molar-refractivity contribution is 6.07. The molecule has 2 aliphatic heterocycles. The molecule has 126 valence electrons. The maximum atomic E-state index is 14.9. The summed E-state index contributed by atoms with van der Waals surface area (Å²) >= 11 is 0. The summed E-state index contributed by atoms with van der Waals surface area (Å²) in [6, 6.07) is 7.52. The molecule has 1 saturated heterocycles. The number of amides is 1. The number of nitrogens with zero attached hydrogens (tertiary/aromatic N) is 1. The van der Waals surface area contributed by atoms with E-state index in [1.54, 1.807) is 11.9 Å². The number of alkyl halides is 1. The second-order valence-corrected chi connectivity index (χ2v) is 7.16. The van der Waals surface area contributed by atoms with Crippen molar-refractivity contribution in [3.8, 4) is 0 Å². The van der Waals surface area contributed by atoms with Crippen LogP contribution in [0.1, 0.15) is 32.8 Å². The zero-order chi connectivity index (χ0) is 17.0. The molecule has 0 aliphatic carbocycles. The average Bonchev–Trinajstić information content (AvgIpc) is 2.89. The maximum absolute atomic E-state index is 14.9. The second-order valence-electron chi connectivity index (χ2n) is 7.16. The number of anilines is 1. The van der Waals surface area contributed by atoms with E-state index in [0.29, 0.717) is 6.42 Å². The molecule has 1 aromatic carbocycles. The van der Waals surface area contributed by atoms with Crippen molar-refractivity contribution in [2.24, 2.45) is 11.8 Å². The molecule has 1 N–H and O–H groups in total. The molecule has 4 nitrogen and oxygen atoms in total. The van der Waals surface area contributed by atoms with E-state index < -0.39 is 23.3 Å². The molecule has 23 heavy (non-hydrogen) atoms. The molecule has 1 aromatic rings. The largest absolute Gasteiger partial charge is 0.396 e. The Labute approximate surface area is 136 Å². The summed E-state index contributed by atoms with van der Waals surface area (Å²) in [6.07, 6.45) is -0.165. The number of aliphatic hydroxyl groups is 1. The summed E-state index contributed by atoms with van der Waals surface area (Å²) in [4.78, 5) is 14.6. The molecule has 1 fully saturated rings. The quantitative estimate of drug-likeness (QED) is 0.931. The van der Waals surface area contributed by atoms with Crippen LogP contribution in [0.5, 0.6) is 0 Å². The standard InChI is InChI=1S/C18H24FNO3/c1-11-15(17(2,3)19)14(9-10-21)23-18(11)12-7-5-6-8-13(12)20(4)16(18)22/h5-8,11,14-15,21H,9-10H2,1-4H3/t11-,14+,15-,18+/m1/s1. The normalized spacial score (nSPS) is 33.6. The van der Waals surface area contributed by atoms with Gasteiger partial charge in [-0.1, -0.05) is 25.1 Å². The fourth-order valence-corrected chi connectivity index (χ4v) is 4.50. The Hall–Kier alpha value is -1.46. The number of rotatable bonds is 3. The lowest BCUT2D eigenvalue weighted by Gasteiger charge is -2.32. The first-order valence-electron chi connectivity index (χ1n) is 8.10. The van der Waals surface area contributed by atoms with Gasteiger partial charge in [0, 0.05) is 31.1 Å². The lowest BCUT2D eigenvalue weighted by molar-refractivity contribution is -0.146. The first kappa shape index (κ1) is 16.4. The molecular formula is C18H24FNO3. The van der Waals surface area contributed by atoms with E-state index in [0.717, 1.165) is 11.3 Å². The predicted molar refractivity (Wildman–Crippen MR) is 85.9 cm³/mol. The van der Waals surface area contributed by atoms with Gasteiger partial charge in [0.05, 0.1) is 11.8 Å². The Kier molecular flexibility index (Phi) is 3.76. The summed E-state index contributed by atoms with van der Waals surface area (Å²) in [5.41, 5.74) is -1.04. The average molecular weight is 321 g/mol. The van der Waals surface area contributed by atoms with E-state index in [9.17, 15) is 14.3 Å². The number of aliphatic hydroxyl groups excluding tert-OH is 1. The zero-order valence-electron chi connectivity index (χ0n) is 14.0. The number of benzene rings is 1. The number of halogens is 1. The molecule has 2 aliphatic rings. The Bertz CT molecular complexity index is 627. The van der Waals surface area contributed by atoms with Crippen LogP contribution in [0.2, 0.25) is 0 Å². The van der Waals surface area contributed by atoms with E-state index in [1.165, 1.54) is 13.8 Å². The fourth-order valence-electron chi connectivity index (χ4n) is 4.50. The molecule has 2 heterocycles. The number of likely N-dealkylation sites (N-methyl/N-ethyl adjacent to an activating group) is 1. The van der Waals surface area contributed by atoms with Gasteiger partial charge in [-0.3, -0.25) is 4.79 Å². The van der Waals surface area contributed by atoms with Crippen molar-refractivity contribution >= 4 is 11.6 Å². The van der Waals surface area contributed by atoms with Gasteiger partial charge in [0.2, 0.25) is 0 Å². The topological polar surface area (TPSA) is 49.8 Å². The van der Waals surface area contributed by atoms with E-state index in [2.05, 4.69) is 0 Å². The summed E-state index contributed by atoms with van der Waals surface area (Å²) in [6.45, 7) is 4.84. The van der Waals surface area contributed by atoms with Crippen molar-refractivity contribution in [3.63, 3.8) is 0 Å². The van der Waals surface area contributed by atoms with Crippen LogP contribution < -0.4 is 4.90 Å². The molecule has 5 heteroatoms. The number of hydrogen-bond acceptors (Lipinski definition) is 3. The third kappa shape index (κ3) is 2.13. The van der Waals surface area contributed by atoms with Gasteiger partial charge >= 0.3 is 0 Å². The lowest BCUT2D eigenvalue weighted by Crippen LogP contribution is -2.44. The van der Waals surface area contributed by atoms with Gasteiger partial charge < -0.3 is 14.7 Å². The Morgan fingerprint density at radius 1 is 1.39 bits per heavy atom. The third-order valence-electron chi connectivity index (χ3n) is 5.41. The van der Waals surface area contributed by atoms with Gasteiger partial charge in [0.15, 0.2) is 5.60 Å². The molecule has 0 saturated carbocycles. The molecule has 1 spiro atoms. The van der Waals surface area contributed by atoms with Gasteiger partial charge in [-0.25, -0.2) is 4.39 Å². The number of carbonyl (C=O) groups is 1. The van der Waals surface area contributed by atoms with Gasteiger partial charge in [-0.15, -0.1) is 0 Å². The monoisotopic (exact) mass is 321 g/mol. The van der Waals surface area contributed by atoms with Crippen LogP contribution in [0.15, 0.2) is 24.3 Å². The van der Waals surface area contributed by atoms with Crippen molar-refractivity contribution in [1.82, 2.24) is 0 Å². The molecule has 0 bridgehead atoms. The van der Waals surface area contributed by atoms with Gasteiger partial charge in [0.1, 0.15) is 5.67 Å². The van der Waals surface area contributed by atoms with Crippen molar-refractivity contribution < 1.29 is 19.0 Å². The van der Waals surface area contributed by atoms with Crippen LogP contribution in [0, 0.1) is 11.8 Å². The highest BCUT2D eigenvalue weighted by Gasteiger charge is 2.65. The van der Waals surface area contributed by atoms with Crippen molar-refractivity contribution in [2.45, 2.75) is 44.6 Å². The smallest absolute Gasteiger partial charge is 0.264 e. The van der Waals surface area contributed by atoms with Gasteiger partial charge in [0.25, 0.3) is 5.91 Å². The first-order chi connectivity index (χ1) is 10.7. The van der Waals surface area contributed by atoms with E-state index in [-0.39, 0.29) is 18.4 Å². The minimum absolute atomic E-state index is 0.0915. The molecule has 4 atom stereocenters. The highest BCUT2D eigenvalue weighted by Crippen LogP contribution is 2.57. The Balaban J connectivity index is 2.14. The first-order valence-corrected chi connectivity index (χ1v) is 8.10.